The second-order valence-electron chi connectivity index (χ2n) is 4.29. The summed E-state index contributed by atoms with van der Waals surface area (Å²) in [6.07, 6.45) is 18.1. The van der Waals surface area contributed by atoms with Gasteiger partial charge in [0, 0.05) is 13.1 Å². The van der Waals surface area contributed by atoms with Crippen LogP contribution in [0.15, 0.2) is 0 Å². The second kappa shape index (κ2) is 8.10. The third kappa shape index (κ3) is 5.39. The van der Waals surface area contributed by atoms with Crippen LogP contribution >= 0.6 is 0 Å². The van der Waals surface area contributed by atoms with Crippen LogP contribution in [0.2, 0.25) is 0 Å². The van der Waals surface area contributed by atoms with E-state index in [4.69, 9.17) is 0 Å². The smallest absolute Gasteiger partial charge is 0.00196 e. The zero-order valence-corrected chi connectivity index (χ0v) is 10.2. The normalized spacial score (nSPS) is 22.6. The van der Waals surface area contributed by atoms with Crippen LogP contribution in [-0.4, -0.2) is 26.2 Å². The van der Waals surface area contributed by atoms with Crippen LogP contribution in [0.4, 0.5) is 0 Å². The quantitative estimate of drug-likeness (QED) is 0.613. The van der Waals surface area contributed by atoms with E-state index in [0.29, 0.717) is 0 Å². The second-order valence-corrected chi connectivity index (χ2v) is 4.29. The summed E-state index contributed by atoms with van der Waals surface area (Å²) in [4.78, 5) is 0. The van der Waals surface area contributed by atoms with Crippen molar-refractivity contribution < 1.29 is 0 Å². The molecule has 0 saturated heterocycles. The van der Waals surface area contributed by atoms with Gasteiger partial charge in [0.05, 0.1) is 0 Å². The molecule has 0 unspecified atom stereocenters. The minimum Gasteiger partial charge on any atom is -0.316 e. The van der Waals surface area contributed by atoms with Crippen LogP contribution < -0.4 is 10.6 Å². The highest BCUT2D eigenvalue weighted by molar-refractivity contribution is 5.36. The van der Waals surface area contributed by atoms with E-state index in [2.05, 4.69) is 62.0 Å². The first kappa shape index (κ1) is 13.4. The fraction of sp³-hybridized carbons (Fsp3) is 0.333. The molecule has 0 heterocycles. The zero-order chi connectivity index (χ0) is 11.8. The van der Waals surface area contributed by atoms with Gasteiger partial charge in [-0.1, -0.05) is 0 Å². The highest BCUT2D eigenvalue weighted by atomic mass is 14.9. The predicted molar refractivity (Wildman–Crippen MR) is 71.2 cm³/mol. The first-order valence-corrected chi connectivity index (χ1v) is 6.28. The van der Waals surface area contributed by atoms with E-state index in [-0.39, 0.29) is 0 Å². The minimum absolute atomic E-state index is 0.982. The van der Waals surface area contributed by atoms with Gasteiger partial charge >= 0.3 is 0 Å². The maximum atomic E-state index is 3.44. The summed E-state index contributed by atoms with van der Waals surface area (Å²) in [5.74, 6) is 2.74. The molecule has 2 nitrogen and oxygen atoms in total. The molecule has 90 valence electrons. The largest absolute Gasteiger partial charge is 0.316 e. The number of hydrogen-bond acceptors (Lipinski definition) is 2. The summed E-state index contributed by atoms with van der Waals surface area (Å²) in [7, 11) is 0. The van der Waals surface area contributed by atoms with E-state index in [0.717, 1.165) is 26.2 Å². The maximum absolute atomic E-state index is 3.44. The number of nitrogens with one attached hydrogen (secondary N) is 2. The van der Waals surface area contributed by atoms with Gasteiger partial charge in [-0.2, -0.15) is 0 Å². The van der Waals surface area contributed by atoms with Gasteiger partial charge in [0.15, 0.2) is 0 Å². The van der Waals surface area contributed by atoms with Gasteiger partial charge in [-0.25, -0.2) is 0 Å². The zero-order valence-electron chi connectivity index (χ0n) is 10.2. The molecule has 0 aromatic carbocycles. The highest BCUT2D eigenvalue weighted by Crippen LogP contribution is 2.22. The molecule has 2 fully saturated rings. The molecular weight excluding hydrogens is 208 g/mol. The van der Waals surface area contributed by atoms with Crippen LogP contribution in [0, 0.1) is 63.2 Å². The van der Waals surface area contributed by atoms with E-state index >= 15 is 0 Å². The molecule has 2 heteroatoms. The summed E-state index contributed by atoms with van der Waals surface area (Å²) >= 11 is 0. The molecular formula is C15H20N2. The minimum atomic E-state index is 0.982. The Kier molecular flexibility index (Phi) is 6.36. The van der Waals surface area contributed by atoms with Gasteiger partial charge in [0.25, 0.3) is 0 Å². The van der Waals surface area contributed by atoms with Crippen molar-refractivity contribution >= 4 is 0 Å². The van der Waals surface area contributed by atoms with Crippen LogP contribution in [0.5, 0.6) is 0 Å². The Hall–Kier alpha value is -0.0800. The van der Waals surface area contributed by atoms with Gasteiger partial charge in [-0.05, 0) is 82.7 Å². The van der Waals surface area contributed by atoms with Gasteiger partial charge in [-0.3, -0.25) is 0 Å². The Morgan fingerprint density at radius 2 is 1.06 bits per heavy atom. The van der Waals surface area contributed by atoms with Crippen molar-refractivity contribution in [2.24, 2.45) is 0 Å². The van der Waals surface area contributed by atoms with Crippen molar-refractivity contribution in [2.45, 2.75) is 6.42 Å². The molecule has 0 atom stereocenters. The van der Waals surface area contributed by atoms with Crippen molar-refractivity contribution in [3.8, 4) is 0 Å². The Morgan fingerprint density at radius 1 is 0.647 bits per heavy atom. The van der Waals surface area contributed by atoms with E-state index in [9.17, 15) is 0 Å². The maximum Gasteiger partial charge on any atom is 0.00196 e. The van der Waals surface area contributed by atoms with Gasteiger partial charge in [-0.15, -0.1) is 0 Å². The van der Waals surface area contributed by atoms with Crippen LogP contribution in [0.1, 0.15) is 6.42 Å². The summed E-state index contributed by atoms with van der Waals surface area (Å²) in [5, 5.41) is 6.88. The average Bonchev–Trinajstić information content (AvgIpc) is 3.00. The lowest BCUT2D eigenvalue weighted by Crippen LogP contribution is -2.27. The van der Waals surface area contributed by atoms with Gasteiger partial charge < -0.3 is 10.6 Å². The number of rotatable bonds is 8. The molecule has 2 aliphatic carbocycles. The van der Waals surface area contributed by atoms with Crippen LogP contribution in [-0.2, 0) is 0 Å². The Morgan fingerprint density at radius 3 is 1.47 bits per heavy atom. The summed E-state index contributed by atoms with van der Waals surface area (Å²) in [6.45, 7) is 4.10. The van der Waals surface area contributed by atoms with Crippen molar-refractivity contribution in [2.75, 3.05) is 26.2 Å². The molecule has 0 spiro atoms. The highest BCUT2D eigenvalue weighted by Gasteiger charge is 2.16. The fourth-order valence-electron chi connectivity index (χ4n) is 1.87. The molecule has 2 saturated carbocycles. The van der Waals surface area contributed by atoms with E-state index in [1.165, 1.54) is 18.3 Å². The summed E-state index contributed by atoms with van der Waals surface area (Å²) in [6, 6.07) is 0. The molecule has 0 amide bonds. The van der Waals surface area contributed by atoms with Crippen molar-refractivity contribution in [1.29, 1.82) is 0 Å². The SMILES string of the molecule is [CH]1[CH][CH][C](CNCCCNC[C]2[CH][CH][CH][CH]2)[CH]1. The Balaban J connectivity index is 1.33. The molecule has 2 N–H and O–H groups in total. The Labute approximate surface area is 107 Å². The monoisotopic (exact) mass is 228 g/mol. The van der Waals surface area contributed by atoms with Crippen LogP contribution in [0.3, 0.4) is 0 Å². The van der Waals surface area contributed by atoms with Crippen LogP contribution in [0.25, 0.3) is 0 Å². The molecule has 17 heavy (non-hydrogen) atoms. The lowest BCUT2D eigenvalue weighted by atomic mass is 10.1. The first-order valence-electron chi connectivity index (χ1n) is 6.28. The molecule has 0 bridgehead atoms. The van der Waals surface area contributed by atoms with E-state index in [1.54, 1.807) is 0 Å². The molecule has 2 rings (SSSR count). The summed E-state index contributed by atoms with van der Waals surface area (Å²) < 4.78 is 0. The molecule has 10 radical (unpaired) electrons. The Bertz CT molecular complexity index is 161. The molecule has 2 aliphatic rings. The third-order valence-electron chi connectivity index (χ3n) is 2.83. The fourth-order valence-corrected chi connectivity index (χ4v) is 1.87. The topological polar surface area (TPSA) is 24.1 Å². The predicted octanol–water partition coefficient (Wildman–Crippen LogP) is 1.37. The lowest BCUT2D eigenvalue weighted by molar-refractivity contribution is 0.615. The molecule has 0 aromatic rings. The van der Waals surface area contributed by atoms with Crippen molar-refractivity contribution in [1.82, 2.24) is 10.6 Å². The summed E-state index contributed by atoms with van der Waals surface area (Å²) in [5.41, 5.74) is 0. The van der Waals surface area contributed by atoms with Gasteiger partial charge in [0.1, 0.15) is 0 Å². The molecule has 0 aromatic heterocycles. The van der Waals surface area contributed by atoms with Crippen molar-refractivity contribution in [3.05, 3.63) is 63.2 Å². The third-order valence-corrected chi connectivity index (χ3v) is 2.83. The first-order chi connectivity index (χ1) is 8.45. The van der Waals surface area contributed by atoms with E-state index < -0.39 is 0 Å². The molecule has 0 aliphatic heterocycles. The standard InChI is InChI=1S/C15H20N2/c1-2-7-14(6-1)12-16-10-5-11-17-13-15-8-3-4-9-15/h1-4,6-9,16-17H,5,10-13H2. The van der Waals surface area contributed by atoms with Crippen molar-refractivity contribution in [3.63, 3.8) is 0 Å². The average molecular weight is 228 g/mol. The number of hydrogen-bond donors (Lipinski definition) is 2. The van der Waals surface area contributed by atoms with Gasteiger partial charge in [0.2, 0.25) is 0 Å². The lowest BCUT2D eigenvalue weighted by Gasteiger charge is -2.11. The van der Waals surface area contributed by atoms with E-state index in [1.807, 2.05) is 0 Å².